The number of anilines is 1. The maximum atomic E-state index is 12.6. The van der Waals surface area contributed by atoms with Gasteiger partial charge in [-0.2, -0.15) is 5.10 Å². The number of hydrogen-bond acceptors (Lipinski definition) is 6. The molecular formula is C22H25N5O3. The van der Waals surface area contributed by atoms with Crippen molar-refractivity contribution in [1.82, 2.24) is 19.7 Å². The molecule has 3 aromatic rings. The summed E-state index contributed by atoms with van der Waals surface area (Å²) in [5.74, 6) is 1.29. The highest BCUT2D eigenvalue weighted by Crippen LogP contribution is 2.32. The third-order valence-corrected chi connectivity index (χ3v) is 5.14. The Morgan fingerprint density at radius 2 is 1.93 bits per heavy atom. The van der Waals surface area contributed by atoms with E-state index in [-0.39, 0.29) is 18.5 Å². The second-order valence-electron chi connectivity index (χ2n) is 7.28. The van der Waals surface area contributed by atoms with Crippen molar-refractivity contribution < 1.29 is 14.3 Å². The van der Waals surface area contributed by atoms with E-state index in [4.69, 9.17) is 9.47 Å². The maximum absolute atomic E-state index is 12.6. The number of carbonyl (C=O) groups excluding carboxylic acids is 1. The van der Waals surface area contributed by atoms with Crippen molar-refractivity contribution in [3.63, 3.8) is 0 Å². The van der Waals surface area contributed by atoms with Gasteiger partial charge in [0.25, 0.3) is 0 Å². The number of rotatable bonds is 6. The van der Waals surface area contributed by atoms with Gasteiger partial charge in [0.1, 0.15) is 12.7 Å². The van der Waals surface area contributed by atoms with Crippen molar-refractivity contribution in [2.24, 2.45) is 0 Å². The molecule has 4 rings (SSSR count). The van der Waals surface area contributed by atoms with Gasteiger partial charge >= 0.3 is 0 Å². The van der Waals surface area contributed by atoms with Gasteiger partial charge in [0.15, 0.2) is 11.5 Å². The molecule has 0 saturated carbocycles. The second kappa shape index (κ2) is 8.96. The van der Waals surface area contributed by atoms with Crippen molar-refractivity contribution in [1.29, 1.82) is 0 Å². The average Bonchev–Trinajstić information content (AvgIpc) is 3.19. The van der Waals surface area contributed by atoms with Crippen molar-refractivity contribution in [3.05, 3.63) is 60.7 Å². The average molecular weight is 407 g/mol. The molecule has 0 fully saturated rings. The summed E-state index contributed by atoms with van der Waals surface area (Å²) in [6, 6.07) is 13.6. The first-order valence-corrected chi connectivity index (χ1v) is 9.95. The fraction of sp³-hybridized carbons (Fsp3) is 0.318. The minimum absolute atomic E-state index is 0.0734. The molecule has 1 unspecified atom stereocenters. The number of nitrogens with zero attached hydrogens (tertiary/aromatic N) is 4. The summed E-state index contributed by atoms with van der Waals surface area (Å²) < 4.78 is 13.0. The zero-order valence-corrected chi connectivity index (χ0v) is 17.1. The number of benzene rings is 2. The normalized spacial score (nSPS) is 14.2. The molecule has 0 aliphatic carbocycles. The molecular weight excluding hydrogens is 382 g/mol. The smallest absolute Gasteiger partial charge is 0.238 e. The van der Waals surface area contributed by atoms with E-state index >= 15 is 0 Å². The molecule has 2 aromatic carbocycles. The third-order valence-electron chi connectivity index (χ3n) is 5.14. The molecule has 30 heavy (non-hydrogen) atoms. The Hall–Kier alpha value is -3.39. The number of ether oxygens (including phenoxy) is 2. The first-order valence-electron chi connectivity index (χ1n) is 9.95. The summed E-state index contributed by atoms with van der Waals surface area (Å²) in [5, 5.41) is 7.08. The van der Waals surface area contributed by atoms with Gasteiger partial charge in [0, 0.05) is 24.2 Å². The zero-order valence-electron chi connectivity index (χ0n) is 17.1. The first-order chi connectivity index (χ1) is 14.6. The number of aromatic nitrogens is 3. The van der Waals surface area contributed by atoms with Crippen molar-refractivity contribution in [2.75, 3.05) is 32.1 Å². The second-order valence-corrected chi connectivity index (χ2v) is 7.28. The largest absolute Gasteiger partial charge is 0.490 e. The molecule has 156 valence electrons. The number of hydrogen-bond donors (Lipinski definition) is 1. The van der Waals surface area contributed by atoms with Gasteiger partial charge in [-0.3, -0.25) is 9.69 Å². The van der Waals surface area contributed by atoms with Crippen LogP contribution in [0.15, 0.2) is 55.1 Å². The molecule has 0 spiro atoms. The molecule has 0 saturated heterocycles. The van der Waals surface area contributed by atoms with Crippen LogP contribution >= 0.6 is 0 Å². The molecule has 1 amide bonds. The highest BCUT2D eigenvalue weighted by atomic mass is 16.5. The molecule has 8 heteroatoms. The lowest BCUT2D eigenvalue weighted by Crippen LogP contribution is -2.32. The predicted molar refractivity (Wildman–Crippen MR) is 113 cm³/mol. The standard InChI is InChI=1S/C22H25N5O3/c1-16(17-4-7-19(8-5-17)27-15-23-14-24-27)26(2)13-22(28)25-18-6-9-20-21(12-18)30-11-3-10-29-20/h4-9,12,14-16H,3,10-11,13H2,1-2H3,(H,25,28). The summed E-state index contributed by atoms with van der Waals surface area (Å²) in [6.45, 7) is 3.59. The third kappa shape index (κ3) is 4.60. The molecule has 0 bridgehead atoms. The van der Waals surface area contributed by atoms with Gasteiger partial charge < -0.3 is 14.8 Å². The molecule has 2 heterocycles. The SMILES string of the molecule is CC(c1ccc(-n2cncn2)cc1)N(C)CC(=O)Nc1ccc2c(c1)OCCCO2. The molecule has 8 nitrogen and oxygen atoms in total. The van der Waals surface area contributed by atoms with Crippen LogP contribution in [0.3, 0.4) is 0 Å². The summed E-state index contributed by atoms with van der Waals surface area (Å²) in [7, 11) is 1.93. The van der Waals surface area contributed by atoms with E-state index < -0.39 is 0 Å². The molecule has 1 aliphatic rings. The van der Waals surface area contributed by atoms with E-state index in [1.165, 1.54) is 6.33 Å². The maximum Gasteiger partial charge on any atom is 0.238 e. The monoisotopic (exact) mass is 407 g/mol. The van der Waals surface area contributed by atoms with Crippen LogP contribution in [0, 0.1) is 0 Å². The summed E-state index contributed by atoms with van der Waals surface area (Å²) >= 11 is 0. The number of amides is 1. The Labute approximate surface area is 175 Å². The Morgan fingerprint density at radius 1 is 1.17 bits per heavy atom. The van der Waals surface area contributed by atoms with Crippen molar-refractivity contribution in [2.45, 2.75) is 19.4 Å². The summed E-state index contributed by atoms with van der Waals surface area (Å²) in [5.41, 5.74) is 2.76. The Bertz CT molecular complexity index is 989. The van der Waals surface area contributed by atoms with Crippen molar-refractivity contribution >= 4 is 11.6 Å². The molecule has 1 aromatic heterocycles. The van der Waals surface area contributed by atoms with Gasteiger partial charge in [-0.25, -0.2) is 9.67 Å². The Balaban J connectivity index is 1.35. The van der Waals surface area contributed by atoms with Crippen LogP contribution in [0.4, 0.5) is 5.69 Å². The summed E-state index contributed by atoms with van der Waals surface area (Å²) in [6.07, 6.45) is 4.01. The quantitative estimate of drug-likeness (QED) is 0.676. The number of fused-ring (bicyclic) bond motifs is 1. The van der Waals surface area contributed by atoms with Crippen LogP contribution in [0.25, 0.3) is 5.69 Å². The molecule has 1 N–H and O–H groups in total. The van der Waals surface area contributed by atoms with E-state index in [0.717, 1.165) is 17.7 Å². The van der Waals surface area contributed by atoms with Crippen LogP contribution in [0.2, 0.25) is 0 Å². The zero-order chi connectivity index (χ0) is 20.9. The lowest BCUT2D eigenvalue weighted by atomic mass is 10.1. The summed E-state index contributed by atoms with van der Waals surface area (Å²) in [4.78, 5) is 18.5. The number of likely N-dealkylation sites (N-methyl/N-ethyl adjacent to an activating group) is 1. The van der Waals surface area contributed by atoms with Gasteiger partial charge in [-0.15, -0.1) is 0 Å². The fourth-order valence-electron chi connectivity index (χ4n) is 3.31. The molecule has 1 atom stereocenters. The number of nitrogens with one attached hydrogen (secondary N) is 1. The van der Waals surface area contributed by atoms with E-state index in [1.54, 1.807) is 11.0 Å². The van der Waals surface area contributed by atoms with Crippen LogP contribution in [0.1, 0.15) is 24.9 Å². The lowest BCUT2D eigenvalue weighted by Gasteiger charge is -2.24. The Morgan fingerprint density at radius 3 is 2.67 bits per heavy atom. The van der Waals surface area contributed by atoms with Gasteiger partial charge in [0.2, 0.25) is 5.91 Å². The minimum Gasteiger partial charge on any atom is -0.490 e. The van der Waals surface area contributed by atoms with Crippen LogP contribution in [-0.4, -0.2) is 52.4 Å². The lowest BCUT2D eigenvalue weighted by molar-refractivity contribution is -0.117. The molecule has 1 aliphatic heterocycles. The highest BCUT2D eigenvalue weighted by Gasteiger charge is 2.16. The van der Waals surface area contributed by atoms with E-state index in [9.17, 15) is 4.79 Å². The van der Waals surface area contributed by atoms with Crippen LogP contribution in [0.5, 0.6) is 11.5 Å². The van der Waals surface area contributed by atoms with E-state index in [0.29, 0.717) is 30.4 Å². The van der Waals surface area contributed by atoms with Gasteiger partial charge in [0.05, 0.1) is 25.4 Å². The fourth-order valence-corrected chi connectivity index (χ4v) is 3.31. The highest BCUT2D eigenvalue weighted by molar-refractivity contribution is 5.92. The van der Waals surface area contributed by atoms with Crippen LogP contribution < -0.4 is 14.8 Å². The van der Waals surface area contributed by atoms with E-state index in [2.05, 4.69) is 22.3 Å². The number of carbonyl (C=O) groups is 1. The van der Waals surface area contributed by atoms with Crippen LogP contribution in [-0.2, 0) is 4.79 Å². The van der Waals surface area contributed by atoms with E-state index in [1.807, 2.05) is 54.4 Å². The predicted octanol–water partition coefficient (Wildman–Crippen LogP) is 3.06. The minimum atomic E-state index is -0.0851. The first kappa shape index (κ1) is 19.9. The topological polar surface area (TPSA) is 81.5 Å². The Kier molecular flexibility index (Phi) is 5.94. The van der Waals surface area contributed by atoms with Crippen molar-refractivity contribution in [3.8, 4) is 17.2 Å². The molecule has 0 radical (unpaired) electrons. The van der Waals surface area contributed by atoms with Gasteiger partial charge in [-0.05, 0) is 43.8 Å². The van der Waals surface area contributed by atoms with Gasteiger partial charge in [-0.1, -0.05) is 12.1 Å².